The summed E-state index contributed by atoms with van der Waals surface area (Å²) in [6.07, 6.45) is 3.40. The number of benzene rings is 2. The van der Waals surface area contributed by atoms with Gasteiger partial charge in [-0.2, -0.15) is 5.10 Å². The Balaban J connectivity index is 1.64. The first-order valence-electron chi connectivity index (χ1n) is 7.54. The van der Waals surface area contributed by atoms with E-state index in [1.165, 1.54) is 10.7 Å². The zero-order valence-corrected chi connectivity index (χ0v) is 14.2. The Morgan fingerprint density at radius 1 is 1.28 bits per heavy atom. The molecule has 0 amide bonds. The number of nitrogens with zero attached hydrogens (tertiary/aromatic N) is 3. The third-order valence-corrected chi connectivity index (χ3v) is 3.76. The highest BCUT2D eigenvalue weighted by atomic mass is 35.5. The topological polar surface area (TPSA) is 65.4 Å². The SMILES string of the molecule is Cc1cn(N=Cc2ccc(OCc3cccc(Cl)c3F)cc2)c(N)n1. The minimum absolute atomic E-state index is 0.0849. The molecule has 7 heteroatoms. The van der Waals surface area contributed by atoms with Gasteiger partial charge >= 0.3 is 0 Å². The summed E-state index contributed by atoms with van der Waals surface area (Å²) in [6.45, 7) is 1.95. The van der Waals surface area contributed by atoms with Crippen LogP contribution >= 0.6 is 11.6 Å². The Morgan fingerprint density at radius 3 is 2.72 bits per heavy atom. The number of nitrogen functional groups attached to an aromatic ring is 1. The molecule has 1 heterocycles. The van der Waals surface area contributed by atoms with Crippen molar-refractivity contribution in [2.24, 2.45) is 5.10 Å². The summed E-state index contributed by atoms with van der Waals surface area (Å²) in [7, 11) is 0. The van der Waals surface area contributed by atoms with Crippen LogP contribution < -0.4 is 10.5 Å². The summed E-state index contributed by atoms with van der Waals surface area (Å²) in [6, 6.07) is 12.1. The van der Waals surface area contributed by atoms with Crippen LogP contribution in [0.25, 0.3) is 0 Å². The predicted octanol–water partition coefficient (Wildman–Crippen LogP) is 4.03. The molecule has 0 saturated carbocycles. The number of hydrogen-bond acceptors (Lipinski definition) is 4. The lowest BCUT2D eigenvalue weighted by molar-refractivity contribution is 0.300. The standard InChI is InChI=1S/C18H16ClFN4O/c1-12-10-24(18(21)23-12)22-9-13-5-7-15(8-6-13)25-11-14-3-2-4-16(19)17(14)20/h2-10H,11H2,1H3,(H2,21,23). The van der Waals surface area contributed by atoms with Gasteiger partial charge in [-0.3, -0.25) is 0 Å². The Kier molecular flexibility index (Phi) is 5.00. The van der Waals surface area contributed by atoms with Crippen molar-refractivity contribution < 1.29 is 9.13 Å². The number of aromatic nitrogens is 2. The fraction of sp³-hybridized carbons (Fsp3) is 0.111. The fourth-order valence-corrected chi connectivity index (χ4v) is 2.39. The molecule has 5 nitrogen and oxygen atoms in total. The average molecular weight is 359 g/mol. The van der Waals surface area contributed by atoms with Crippen molar-refractivity contribution in [3.8, 4) is 5.75 Å². The molecule has 0 unspecified atom stereocenters. The fourth-order valence-electron chi connectivity index (χ4n) is 2.20. The Labute approximate surface area is 149 Å². The van der Waals surface area contributed by atoms with Gasteiger partial charge in [0.1, 0.15) is 18.2 Å². The van der Waals surface area contributed by atoms with Crippen molar-refractivity contribution in [3.63, 3.8) is 0 Å². The second kappa shape index (κ2) is 7.36. The van der Waals surface area contributed by atoms with E-state index in [2.05, 4.69) is 10.1 Å². The van der Waals surface area contributed by atoms with Gasteiger partial charge in [0.25, 0.3) is 0 Å². The van der Waals surface area contributed by atoms with Crippen LogP contribution in [0.2, 0.25) is 5.02 Å². The molecule has 0 fully saturated rings. The van der Waals surface area contributed by atoms with E-state index in [1.807, 2.05) is 19.1 Å². The first kappa shape index (κ1) is 17.0. The lowest BCUT2D eigenvalue weighted by atomic mass is 10.2. The number of hydrogen-bond donors (Lipinski definition) is 1. The number of rotatable bonds is 5. The van der Waals surface area contributed by atoms with Crippen LogP contribution in [0.15, 0.2) is 53.8 Å². The number of anilines is 1. The summed E-state index contributed by atoms with van der Waals surface area (Å²) >= 11 is 5.75. The van der Waals surface area contributed by atoms with E-state index in [9.17, 15) is 4.39 Å². The molecule has 0 aliphatic carbocycles. The van der Waals surface area contributed by atoms with Crippen LogP contribution in [0.5, 0.6) is 5.75 Å². The van der Waals surface area contributed by atoms with Crippen molar-refractivity contribution in [1.82, 2.24) is 9.66 Å². The summed E-state index contributed by atoms with van der Waals surface area (Å²) in [5.41, 5.74) is 7.80. The van der Waals surface area contributed by atoms with Crippen LogP contribution in [0.3, 0.4) is 0 Å². The number of imidazole rings is 1. The first-order valence-corrected chi connectivity index (χ1v) is 7.92. The maximum Gasteiger partial charge on any atom is 0.221 e. The molecule has 0 radical (unpaired) electrons. The molecule has 0 spiro atoms. The monoisotopic (exact) mass is 358 g/mol. The van der Waals surface area contributed by atoms with Gasteiger partial charge in [-0.25, -0.2) is 14.1 Å². The van der Waals surface area contributed by atoms with Gasteiger partial charge < -0.3 is 10.5 Å². The summed E-state index contributed by atoms with van der Waals surface area (Å²) in [5.74, 6) is 0.493. The molecule has 1 aromatic heterocycles. The molecular formula is C18H16ClFN4O. The van der Waals surface area contributed by atoms with Gasteiger partial charge in [0.2, 0.25) is 5.95 Å². The maximum atomic E-state index is 13.8. The number of aryl methyl sites for hydroxylation is 1. The highest BCUT2D eigenvalue weighted by Gasteiger charge is 2.06. The van der Waals surface area contributed by atoms with Gasteiger partial charge in [-0.1, -0.05) is 23.7 Å². The summed E-state index contributed by atoms with van der Waals surface area (Å²) in [4.78, 5) is 4.07. The number of nitrogens with two attached hydrogens (primary N) is 1. The predicted molar refractivity (Wildman–Crippen MR) is 96.6 cm³/mol. The van der Waals surface area contributed by atoms with Gasteiger partial charge in [-0.05, 0) is 42.8 Å². The second-order valence-corrected chi connectivity index (χ2v) is 5.81. The molecular weight excluding hydrogens is 343 g/mol. The zero-order valence-electron chi connectivity index (χ0n) is 13.5. The Bertz CT molecular complexity index is 906. The van der Waals surface area contributed by atoms with Crippen molar-refractivity contribution in [1.29, 1.82) is 0 Å². The van der Waals surface area contributed by atoms with Gasteiger partial charge in [0.15, 0.2) is 0 Å². The molecule has 128 valence electrons. The van der Waals surface area contributed by atoms with Crippen molar-refractivity contribution in [2.75, 3.05) is 5.73 Å². The molecule has 25 heavy (non-hydrogen) atoms. The van der Waals surface area contributed by atoms with E-state index >= 15 is 0 Å². The summed E-state index contributed by atoms with van der Waals surface area (Å²) < 4.78 is 20.9. The van der Waals surface area contributed by atoms with Crippen molar-refractivity contribution in [3.05, 3.63) is 76.3 Å². The second-order valence-electron chi connectivity index (χ2n) is 5.40. The largest absolute Gasteiger partial charge is 0.489 e. The molecule has 0 atom stereocenters. The van der Waals surface area contributed by atoms with E-state index in [0.717, 1.165) is 11.3 Å². The maximum absolute atomic E-state index is 13.8. The Morgan fingerprint density at radius 2 is 2.04 bits per heavy atom. The lowest BCUT2D eigenvalue weighted by Gasteiger charge is -2.08. The molecule has 3 rings (SSSR count). The van der Waals surface area contributed by atoms with Crippen LogP contribution in [0, 0.1) is 12.7 Å². The highest BCUT2D eigenvalue weighted by Crippen LogP contribution is 2.20. The molecule has 3 aromatic rings. The van der Waals surface area contributed by atoms with Gasteiger partial charge in [0, 0.05) is 5.56 Å². The molecule has 0 saturated heterocycles. The molecule has 2 N–H and O–H groups in total. The number of ether oxygens (including phenoxy) is 1. The van der Waals surface area contributed by atoms with E-state index in [1.54, 1.807) is 36.7 Å². The highest BCUT2D eigenvalue weighted by molar-refractivity contribution is 6.30. The normalized spacial score (nSPS) is 11.2. The third kappa shape index (κ3) is 4.16. The van der Waals surface area contributed by atoms with Crippen LogP contribution in [0.4, 0.5) is 10.3 Å². The minimum atomic E-state index is -0.457. The lowest BCUT2D eigenvalue weighted by Crippen LogP contribution is -1.99. The number of halogens is 2. The summed E-state index contributed by atoms with van der Waals surface area (Å²) in [5, 5.41) is 4.33. The van der Waals surface area contributed by atoms with E-state index in [0.29, 0.717) is 17.3 Å². The van der Waals surface area contributed by atoms with E-state index < -0.39 is 5.82 Å². The van der Waals surface area contributed by atoms with E-state index in [-0.39, 0.29) is 11.6 Å². The van der Waals surface area contributed by atoms with E-state index in [4.69, 9.17) is 22.1 Å². The first-order chi connectivity index (χ1) is 12.0. The quantitative estimate of drug-likeness (QED) is 0.700. The van der Waals surface area contributed by atoms with Crippen LogP contribution in [0.1, 0.15) is 16.8 Å². The van der Waals surface area contributed by atoms with Crippen LogP contribution in [-0.4, -0.2) is 15.9 Å². The van der Waals surface area contributed by atoms with Crippen molar-refractivity contribution in [2.45, 2.75) is 13.5 Å². The average Bonchev–Trinajstić information content (AvgIpc) is 2.93. The smallest absolute Gasteiger partial charge is 0.221 e. The van der Waals surface area contributed by atoms with Crippen molar-refractivity contribution >= 4 is 23.8 Å². The zero-order chi connectivity index (χ0) is 17.8. The third-order valence-electron chi connectivity index (χ3n) is 3.47. The minimum Gasteiger partial charge on any atom is -0.489 e. The Hall–Kier alpha value is -2.86. The molecule has 2 aromatic carbocycles. The van der Waals surface area contributed by atoms with Gasteiger partial charge in [-0.15, -0.1) is 0 Å². The van der Waals surface area contributed by atoms with Crippen LogP contribution in [-0.2, 0) is 6.61 Å². The molecule has 0 bridgehead atoms. The van der Waals surface area contributed by atoms with Gasteiger partial charge in [0.05, 0.1) is 23.1 Å². The molecule has 0 aliphatic heterocycles. The molecule has 0 aliphatic rings.